The van der Waals surface area contributed by atoms with E-state index in [9.17, 15) is 4.39 Å². The SMILES string of the molecule is Cc1ccc(CN2CCO[C@H]2c2ccn(-c3ccccc3F)c2)cc1. The monoisotopic (exact) mass is 336 g/mol. The number of ether oxygens (including phenoxy) is 1. The van der Waals surface area contributed by atoms with Crippen LogP contribution in [-0.4, -0.2) is 22.6 Å². The molecule has 1 saturated heterocycles. The maximum Gasteiger partial charge on any atom is 0.147 e. The summed E-state index contributed by atoms with van der Waals surface area (Å²) in [5.74, 6) is -0.228. The molecule has 4 rings (SSSR count). The van der Waals surface area contributed by atoms with E-state index in [1.54, 1.807) is 12.1 Å². The predicted molar refractivity (Wildman–Crippen MR) is 96.0 cm³/mol. The minimum Gasteiger partial charge on any atom is -0.357 e. The maximum atomic E-state index is 14.0. The van der Waals surface area contributed by atoms with Crippen molar-refractivity contribution in [2.75, 3.05) is 13.2 Å². The highest BCUT2D eigenvalue weighted by Gasteiger charge is 2.27. The van der Waals surface area contributed by atoms with Gasteiger partial charge in [-0.15, -0.1) is 0 Å². The summed E-state index contributed by atoms with van der Waals surface area (Å²) < 4.78 is 21.8. The Morgan fingerprint density at radius 3 is 2.68 bits per heavy atom. The fourth-order valence-corrected chi connectivity index (χ4v) is 3.27. The Morgan fingerprint density at radius 2 is 1.88 bits per heavy atom. The number of aromatic nitrogens is 1. The van der Waals surface area contributed by atoms with E-state index >= 15 is 0 Å². The maximum absolute atomic E-state index is 14.0. The smallest absolute Gasteiger partial charge is 0.147 e. The molecule has 0 amide bonds. The highest BCUT2D eigenvalue weighted by Crippen LogP contribution is 2.29. The predicted octanol–water partition coefficient (Wildman–Crippen LogP) is 4.46. The number of nitrogens with zero attached hydrogens (tertiary/aromatic N) is 2. The van der Waals surface area contributed by atoms with Crippen molar-refractivity contribution >= 4 is 0 Å². The lowest BCUT2D eigenvalue weighted by molar-refractivity contribution is 0.0288. The Hall–Kier alpha value is -2.43. The number of benzene rings is 2. The largest absolute Gasteiger partial charge is 0.357 e. The van der Waals surface area contributed by atoms with Gasteiger partial charge in [0.1, 0.15) is 12.0 Å². The van der Waals surface area contributed by atoms with Crippen LogP contribution in [0.2, 0.25) is 0 Å². The topological polar surface area (TPSA) is 17.4 Å². The normalized spacial score (nSPS) is 17.9. The van der Waals surface area contributed by atoms with E-state index < -0.39 is 0 Å². The zero-order chi connectivity index (χ0) is 17.2. The lowest BCUT2D eigenvalue weighted by Crippen LogP contribution is -2.23. The summed E-state index contributed by atoms with van der Waals surface area (Å²) in [4.78, 5) is 2.31. The van der Waals surface area contributed by atoms with Gasteiger partial charge in [-0.3, -0.25) is 4.90 Å². The lowest BCUT2D eigenvalue weighted by atomic mass is 10.1. The van der Waals surface area contributed by atoms with Crippen LogP contribution in [0.5, 0.6) is 0 Å². The van der Waals surface area contributed by atoms with Gasteiger partial charge in [0.15, 0.2) is 0 Å². The van der Waals surface area contributed by atoms with Gasteiger partial charge < -0.3 is 9.30 Å². The molecular formula is C21H21FN2O. The molecule has 1 atom stereocenters. The van der Waals surface area contributed by atoms with E-state index in [4.69, 9.17) is 4.74 Å². The first kappa shape index (κ1) is 16.1. The van der Waals surface area contributed by atoms with Crippen LogP contribution in [-0.2, 0) is 11.3 Å². The third kappa shape index (κ3) is 3.36. The second kappa shape index (κ2) is 6.82. The number of aryl methyl sites for hydroxylation is 1. The second-order valence-corrected chi connectivity index (χ2v) is 6.48. The lowest BCUT2D eigenvalue weighted by Gasteiger charge is -2.22. The molecule has 4 heteroatoms. The molecule has 0 saturated carbocycles. The fraction of sp³-hybridized carbons (Fsp3) is 0.238. The van der Waals surface area contributed by atoms with E-state index in [1.165, 1.54) is 17.2 Å². The molecular weight excluding hydrogens is 315 g/mol. The first-order chi connectivity index (χ1) is 12.2. The molecule has 0 unspecified atom stereocenters. The molecule has 0 N–H and O–H groups in total. The summed E-state index contributed by atoms with van der Waals surface area (Å²) >= 11 is 0. The summed E-state index contributed by atoms with van der Waals surface area (Å²) in [7, 11) is 0. The van der Waals surface area contributed by atoms with Crippen molar-refractivity contribution in [3.63, 3.8) is 0 Å². The molecule has 1 fully saturated rings. The highest BCUT2D eigenvalue weighted by atomic mass is 19.1. The Bertz CT molecular complexity index is 856. The summed E-state index contributed by atoms with van der Waals surface area (Å²) in [5, 5.41) is 0. The highest BCUT2D eigenvalue weighted by molar-refractivity contribution is 5.35. The van der Waals surface area contributed by atoms with Crippen LogP contribution in [0.25, 0.3) is 5.69 Å². The summed E-state index contributed by atoms with van der Waals surface area (Å²) in [5.41, 5.74) is 4.14. The zero-order valence-corrected chi connectivity index (χ0v) is 14.2. The summed E-state index contributed by atoms with van der Waals surface area (Å²) in [6.07, 6.45) is 3.75. The van der Waals surface area contributed by atoms with Gasteiger partial charge in [0.25, 0.3) is 0 Å². The molecule has 2 heterocycles. The molecule has 128 valence electrons. The summed E-state index contributed by atoms with van der Waals surface area (Å²) in [6, 6.07) is 17.4. The average Bonchev–Trinajstić information content (AvgIpc) is 3.26. The minimum absolute atomic E-state index is 0.0886. The van der Waals surface area contributed by atoms with Crippen molar-refractivity contribution in [3.05, 3.63) is 89.5 Å². The number of rotatable bonds is 4. The van der Waals surface area contributed by atoms with Crippen LogP contribution in [0.1, 0.15) is 22.9 Å². The van der Waals surface area contributed by atoms with E-state index in [0.717, 1.165) is 18.7 Å². The Morgan fingerprint density at radius 1 is 1.08 bits per heavy atom. The number of hydrogen-bond donors (Lipinski definition) is 0. The Kier molecular flexibility index (Phi) is 4.38. The van der Waals surface area contributed by atoms with Crippen LogP contribution < -0.4 is 0 Å². The first-order valence-corrected chi connectivity index (χ1v) is 8.55. The van der Waals surface area contributed by atoms with Crippen LogP contribution in [0.3, 0.4) is 0 Å². The van der Waals surface area contributed by atoms with Gasteiger partial charge in [-0.2, -0.15) is 0 Å². The molecule has 25 heavy (non-hydrogen) atoms. The van der Waals surface area contributed by atoms with Gasteiger partial charge >= 0.3 is 0 Å². The van der Waals surface area contributed by atoms with Gasteiger partial charge in [0.2, 0.25) is 0 Å². The van der Waals surface area contributed by atoms with Gasteiger partial charge in [0.05, 0.1) is 12.3 Å². The van der Waals surface area contributed by atoms with Crippen LogP contribution in [0.15, 0.2) is 67.0 Å². The van der Waals surface area contributed by atoms with Crippen LogP contribution >= 0.6 is 0 Å². The van der Waals surface area contributed by atoms with Crippen molar-refractivity contribution in [1.29, 1.82) is 0 Å². The first-order valence-electron chi connectivity index (χ1n) is 8.55. The molecule has 3 aromatic rings. The minimum atomic E-state index is -0.228. The average molecular weight is 336 g/mol. The molecule has 0 radical (unpaired) electrons. The molecule has 3 nitrogen and oxygen atoms in total. The van der Waals surface area contributed by atoms with Crippen molar-refractivity contribution in [2.45, 2.75) is 19.7 Å². The molecule has 0 spiro atoms. The van der Waals surface area contributed by atoms with Crippen LogP contribution in [0.4, 0.5) is 4.39 Å². The third-order valence-corrected chi connectivity index (χ3v) is 4.62. The standard InChI is InChI=1S/C21H21FN2O/c1-16-6-8-17(9-7-16)14-24-12-13-25-21(24)18-10-11-23(15-18)20-5-3-2-4-19(20)22/h2-11,15,21H,12-14H2,1H3/t21-/m0/s1. The van der Waals surface area contributed by atoms with Gasteiger partial charge in [0, 0.05) is 31.0 Å². The number of halogens is 1. The zero-order valence-electron chi connectivity index (χ0n) is 14.2. The van der Waals surface area contributed by atoms with Crippen molar-refractivity contribution in [3.8, 4) is 5.69 Å². The van der Waals surface area contributed by atoms with Gasteiger partial charge in [-0.1, -0.05) is 42.0 Å². The van der Waals surface area contributed by atoms with E-state index in [0.29, 0.717) is 12.3 Å². The molecule has 1 aliphatic heterocycles. The summed E-state index contributed by atoms with van der Waals surface area (Å²) in [6.45, 7) is 4.54. The molecule has 1 aliphatic rings. The molecule has 2 aromatic carbocycles. The number of hydrogen-bond acceptors (Lipinski definition) is 2. The Labute approximate surface area is 147 Å². The third-order valence-electron chi connectivity index (χ3n) is 4.62. The van der Waals surface area contributed by atoms with Gasteiger partial charge in [-0.25, -0.2) is 4.39 Å². The van der Waals surface area contributed by atoms with E-state index in [2.05, 4.69) is 36.1 Å². The second-order valence-electron chi connectivity index (χ2n) is 6.48. The quantitative estimate of drug-likeness (QED) is 0.700. The van der Waals surface area contributed by atoms with Crippen molar-refractivity contribution in [1.82, 2.24) is 9.47 Å². The molecule has 1 aromatic heterocycles. The Balaban J connectivity index is 1.55. The number of para-hydroxylation sites is 1. The van der Waals surface area contributed by atoms with Crippen molar-refractivity contribution in [2.24, 2.45) is 0 Å². The van der Waals surface area contributed by atoms with Crippen LogP contribution in [0, 0.1) is 12.7 Å². The van der Waals surface area contributed by atoms with Crippen molar-refractivity contribution < 1.29 is 9.13 Å². The fourth-order valence-electron chi connectivity index (χ4n) is 3.27. The molecule has 0 bridgehead atoms. The van der Waals surface area contributed by atoms with E-state index in [-0.39, 0.29) is 12.0 Å². The van der Waals surface area contributed by atoms with E-state index in [1.807, 2.05) is 29.1 Å². The van der Waals surface area contributed by atoms with Gasteiger partial charge in [-0.05, 0) is 30.7 Å². The molecule has 0 aliphatic carbocycles.